The van der Waals surface area contributed by atoms with Crippen LogP contribution in [0.1, 0.15) is 30.6 Å². The molecule has 0 aliphatic heterocycles. The number of ether oxygens (including phenoxy) is 3. The summed E-state index contributed by atoms with van der Waals surface area (Å²) in [6, 6.07) is 15.5. The lowest BCUT2D eigenvalue weighted by atomic mass is 9.94. The third-order valence-electron chi connectivity index (χ3n) is 4.55. The number of carbonyl (C=O) groups excluding carboxylic acids is 2. The predicted octanol–water partition coefficient (Wildman–Crippen LogP) is 3.72. The molecule has 0 aliphatic carbocycles. The monoisotopic (exact) mass is 458 g/mol. The normalized spacial score (nSPS) is 12.2. The van der Waals surface area contributed by atoms with Crippen molar-refractivity contribution in [1.29, 1.82) is 5.26 Å². The quantitative estimate of drug-likeness (QED) is 0.347. The fourth-order valence-corrected chi connectivity index (χ4v) is 3.03. The number of hydrogen-bond acceptors (Lipinski definition) is 8. The molecule has 0 saturated carbocycles. The Labute approximate surface area is 192 Å². The second kappa shape index (κ2) is 13.2. The number of nitriles is 1. The minimum absolute atomic E-state index is 0.0147. The van der Waals surface area contributed by atoms with Crippen molar-refractivity contribution < 1.29 is 28.9 Å². The van der Waals surface area contributed by atoms with Crippen LogP contribution in [0.4, 0.5) is 10.5 Å². The van der Waals surface area contributed by atoms with Crippen LogP contribution in [-0.4, -0.2) is 42.7 Å². The Kier molecular flexibility index (Phi) is 10.4. The minimum atomic E-state index is -0.710. The molecule has 0 spiro atoms. The molecule has 2 aromatic rings. The van der Waals surface area contributed by atoms with Gasteiger partial charge in [-0.25, -0.2) is 4.79 Å². The first-order valence-corrected chi connectivity index (χ1v) is 10.7. The lowest BCUT2D eigenvalue weighted by molar-refractivity contribution is -0.141. The lowest BCUT2D eigenvalue weighted by Crippen LogP contribution is -2.24. The summed E-state index contributed by atoms with van der Waals surface area (Å²) in [5.74, 6) is -0.187. The van der Waals surface area contributed by atoms with E-state index < -0.39 is 18.2 Å². The number of carbonyl (C=O) groups is 2. The van der Waals surface area contributed by atoms with Crippen LogP contribution in [0.15, 0.2) is 48.5 Å². The number of anilines is 1. The number of nitrogens with zero attached hydrogens (tertiary/aromatic N) is 1. The highest BCUT2D eigenvalue weighted by atomic mass is 32.1. The molecular formula is C23H26N2O6S. The van der Waals surface area contributed by atoms with Crippen molar-refractivity contribution >= 4 is 30.4 Å². The van der Waals surface area contributed by atoms with Crippen molar-refractivity contribution in [2.24, 2.45) is 5.92 Å². The zero-order valence-electron chi connectivity index (χ0n) is 17.7. The van der Waals surface area contributed by atoms with E-state index in [0.29, 0.717) is 29.0 Å². The first-order chi connectivity index (χ1) is 15.5. The molecule has 32 heavy (non-hydrogen) atoms. The van der Waals surface area contributed by atoms with Gasteiger partial charge < -0.3 is 19.3 Å². The van der Waals surface area contributed by atoms with E-state index in [2.05, 4.69) is 17.9 Å². The second-order valence-electron chi connectivity index (χ2n) is 6.89. The van der Waals surface area contributed by atoms with Crippen LogP contribution in [-0.2, 0) is 14.3 Å². The van der Waals surface area contributed by atoms with Crippen LogP contribution in [0.5, 0.6) is 5.75 Å². The Morgan fingerprint density at radius 2 is 1.88 bits per heavy atom. The van der Waals surface area contributed by atoms with Crippen molar-refractivity contribution in [3.8, 4) is 11.8 Å². The van der Waals surface area contributed by atoms with Gasteiger partial charge in [0.1, 0.15) is 18.5 Å². The molecule has 9 heteroatoms. The zero-order valence-corrected chi connectivity index (χ0v) is 18.6. The molecule has 1 amide bonds. The van der Waals surface area contributed by atoms with Gasteiger partial charge in [0.15, 0.2) is 0 Å². The lowest BCUT2D eigenvalue weighted by Gasteiger charge is -2.26. The number of esters is 1. The van der Waals surface area contributed by atoms with Crippen molar-refractivity contribution in [3.05, 3.63) is 59.7 Å². The van der Waals surface area contributed by atoms with E-state index in [1.807, 2.05) is 13.0 Å². The summed E-state index contributed by atoms with van der Waals surface area (Å²) >= 11 is 3.88. The molecule has 0 bridgehead atoms. The summed E-state index contributed by atoms with van der Waals surface area (Å²) in [5, 5.41) is 20.7. The van der Waals surface area contributed by atoms with Crippen LogP contribution >= 0.6 is 12.6 Å². The molecule has 2 rings (SSSR count). The molecule has 0 heterocycles. The number of benzene rings is 2. The molecule has 0 radical (unpaired) electrons. The molecule has 2 aromatic carbocycles. The van der Waals surface area contributed by atoms with Gasteiger partial charge in [0, 0.05) is 17.2 Å². The Morgan fingerprint density at radius 3 is 2.53 bits per heavy atom. The highest BCUT2D eigenvalue weighted by Gasteiger charge is 2.27. The van der Waals surface area contributed by atoms with Gasteiger partial charge in [-0.2, -0.15) is 17.9 Å². The van der Waals surface area contributed by atoms with E-state index in [9.17, 15) is 9.59 Å². The average Bonchev–Trinajstić information content (AvgIpc) is 2.81. The largest absolute Gasteiger partial charge is 0.491 e. The highest BCUT2D eigenvalue weighted by molar-refractivity contribution is 7.81. The molecule has 2 atom stereocenters. The van der Waals surface area contributed by atoms with Crippen LogP contribution < -0.4 is 10.1 Å². The number of thiol groups is 1. The van der Waals surface area contributed by atoms with Crippen LogP contribution in [0.25, 0.3) is 0 Å². The number of aliphatic hydroxyl groups excluding tert-OH is 1. The fourth-order valence-electron chi connectivity index (χ4n) is 2.94. The van der Waals surface area contributed by atoms with Gasteiger partial charge in [-0.05, 0) is 36.8 Å². The van der Waals surface area contributed by atoms with Crippen LogP contribution in [0, 0.1) is 17.2 Å². The summed E-state index contributed by atoms with van der Waals surface area (Å²) in [6.07, 6.45) is -0.961. The van der Waals surface area contributed by atoms with Crippen molar-refractivity contribution in [1.82, 2.24) is 0 Å². The number of hydrogen-bond donors (Lipinski definition) is 3. The second-order valence-corrected chi connectivity index (χ2v) is 7.21. The van der Waals surface area contributed by atoms with Gasteiger partial charge in [-0.15, -0.1) is 0 Å². The topological polar surface area (TPSA) is 118 Å². The Hall–Kier alpha value is -3.22. The van der Waals surface area contributed by atoms with E-state index in [1.54, 1.807) is 48.5 Å². The van der Waals surface area contributed by atoms with E-state index in [1.165, 1.54) is 0 Å². The molecule has 2 N–H and O–H groups in total. The SMILES string of the molecule is C[C@@H](CCOC(=O)CS)[C@H](OC(=O)Nc1ccc(C#N)cc1)c1ccccc1OCCO. The maximum atomic E-state index is 12.6. The van der Waals surface area contributed by atoms with E-state index >= 15 is 0 Å². The molecular weight excluding hydrogens is 432 g/mol. The van der Waals surface area contributed by atoms with Crippen LogP contribution in [0.3, 0.4) is 0 Å². The zero-order chi connectivity index (χ0) is 23.3. The summed E-state index contributed by atoms with van der Waals surface area (Å²) in [4.78, 5) is 24.0. The highest BCUT2D eigenvalue weighted by Crippen LogP contribution is 2.35. The Morgan fingerprint density at radius 1 is 1.16 bits per heavy atom. The van der Waals surface area contributed by atoms with Gasteiger partial charge in [-0.1, -0.05) is 25.1 Å². The molecule has 0 saturated heterocycles. The summed E-state index contributed by atoms with van der Waals surface area (Å²) in [6.45, 7) is 1.96. The molecule has 170 valence electrons. The Balaban J connectivity index is 2.18. The first-order valence-electron chi connectivity index (χ1n) is 10.0. The first kappa shape index (κ1) is 25.0. The van der Waals surface area contributed by atoms with Gasteiger partial charge in [0.05, 0.1) is 30.6 Å². The number of nitrogens with one attached hydrogen (secondary N) is 1. The average molecular weight is 459 g/mol. The summed E-state index contributed by atoms with van der Waals surface area (Å²) < 4.78 is 16.5. The number of aliphatic hydroxyl groups is 1. The maximum absolute atomic E-state index is 12.6. The van der Waals surface area contributed by atoms with E-state index in [-0.39, 0.29) is 31.5 Å². The maximum Gasteiger partial charge on any atom is 0.412 e. The minimum Gasteiger partial charge on any atom is -0.491 e. The number of rotatable bonds is 11. The van der Waals surface area contributed by atoms with Gasteiger partial charge in [0.2, 0.25) is 0 Å². The Bertz CT molecular complexity index is 929. The van der Waals surface area contributed by atoms with Crippen LogP contribution in [0.2, 0.25) is 0 Å². The van der Waals surface area contributed by atoms with Crippen molar-refractivity contribution in [2.75, 3.05) is 30.9 Å². The molecule has 0 fully saturated rings. The van der Waals surface area contributed by atoms with Crippen molar-refractivity contribution in [2.45, 2.75) is 19.4 Å². The molecule has 0 unspecified atom stereocenters. The number of amides is 1. The summed E-state index contributed by atoms with van der Waals surface area (Å²) in [5.41, 5.74) is 1.58. The van der Waals surface area contributed by atoms with Gasteiger partial charge in [0.25, 0.3) is 0 Å². The van der Waals surface area contributed by atoms with Gasteiger partial charge >= 0.3 is 12.1 Å². The summed E-state index contributed by atoms with van der Waals surface area (Å²) in [7, 11) is 0. The third-order valence-corrected chi connectivity index (χ3v) is 4.81. The van der Waals surface area contributed by atoms with Crippen molar-refractivity contribution in [3.63, 3.8) is 0 Å². The number of para-hydroxylation sites is 1. The van der Waals surface area contributed by atoms with E-state index in [0.717, 1.165) is 0 Å². The standard InChI is InChI=1S/C23H26N2O6S/c1-16(10-12-30-21(27)15-32)22(19-4-2-3-5-20(19)29-13-11-26)31-23(28)25-18-8-6-17(14-24)7-9-18/h2-9,16,22,26,32H,10-13,15H2,1H3,(H,25,28)/t16-,22-/m0/s1. The third kappa shape index (κ3) is 7.80. The van der Waals surface area contributed by atoms with E-state index in [4.69, 9.17) is 24.6 Å². The molecule has 0 aliphatic rings. The fraction of sp³-hybridized carbons (Fsp3) is 0.348. The predicted molar refractivity (Wildman–Crippen MR) is 122 cm³/mol. The van der Waals surface area contributed by atoms with Gasteiger partial charge in [-0.3, -0.25) is 10.1 Å². The smallest absolute Gasteiger partial charge is 0.412 e. The molecule has 8 nitrogen and oxygen atoms in total. The molecule has 0 aromatic heterocycles.